The molecule has 0 saturated carbocycles. The largest absolute Gasteiger partial charge is 0.359 e. The molecule has 0 spiro atoms. The molecule has 1 atom stereocenters. The Morgan fingerprint density at radius 3 is 2.57 bits per heavy atom. The SMILES string of the molecule is [C-]#[N+]c1cc(N2C=CN(C)[C@H]2C)c(C)c(-[n+]2ccccc2C)c1. The number of aromatic nitrogens is 1. The Hall–Kier alpha value is -2.80. The van der Waals surface area contributed by atoms with Crippen LogP contribution < -0.4 is 9.47 Å². The van der Waals surface area contributed by atoms with E-state index in [0.717, 1.165) is 17.1 Å². The van der Waals surface area contributed by atoms with E-state index in [-0.39, 0.29) is 6.17 Å². The molecule has 23 heavy (non-hydrogen) atoms. The summed E-state index contributed by atoms with van der Waals surface area (Å²) in [5.74, 6) is 0. The average molecular weight is 305 g/mol. The van der Waals surface area contributed by atoms with Crippen LogP contribution in [0.15, 0.2) is 48.9 Å². The molecule has 0 fully saturated rings. The number of aryl methyl sites for hydroxylation is 1. The van der Waals surface area contributed by atoms with Crippen LogP contribution >= 0.6 is 0 Å². The molecule has 0 radical (unpaired) electrons. The second-order valence-electron chi connectivity index (χ2n) is 5.94. The molecule has 0 saturated heterocycles. The van der Waals surface area contributed by atoms with Gasteiger partial charge in [-0.15, -0.1) is 0 Å². The minimum atomic E-state index is 0.240. The second kappa shape index (κ2) is 5.77. The predicted molar refractivity (Wildman–Crippen MR) is 92.6 cm³/mol. The molecule has 3 rings (SSSR count). The summed E-state index contributed by atoms with van der Waals surface area (Å²) in [6.07, 6.45) is 6.43. The normalized spacial score (nSPS) is 16.7. The van der Waals surface area contributed by atoms with Crippen LogP contribution in [-0.2, 0) is 0 Å². The lowest BCUT2D eigenvalue weighted by Gasteiger charge is -2.28. The Morgan fingerprint density at radius 1 is 1.17 bits per heavy atom. The zero-order chi connectivity index (χ0) is 16.6. The van der Waals surface area contributed by atoms with Gasteiger partial charge >= 0.3 is 0 Å². The number of hydrogen-bond acceptors (Lipinski definition) is 2. The van der Waals surface area contributed by atoms with E-state index in [9.17, 15) is 0 Å². The third-order valence-corrected chi connectivity index (χ3v) is 4.52. The van der Waals surface area contributed by atoms with E-state index in [4.69, 9.17) is 6.57 Å². The third kappa shape index (κ3) is 2.55. The third-order valence-electron chi connectivity index (χ3n) is 4.52. The number of anilines is 1. The quantitative estimate of drug-likeness (QED) is 0.620. The van der Waals surface area contributed by atoms with Crippen molar-refractivity contribution in [3.05, 3.63) is 71.6 Å². The zero-order valence-electron chi connectivity index (χ0n) is 14.0. The predicted octanol–water partition coefficient (Wildman–Crippen LogP) is 3.70. The van der Waals surface area contributed by atoms with Crippen LogP contribution in [0, 0.1) is 20.4 Å². The summed E-state index contributed by atoms with van der Waals surface area (Å²) < 4.78 is 2.14. The Balaban J connectivity index is 2.20. The highest BCUT2D eigenvalue weighted by Crippen LogP contribution is 2.33. The first kappa shape index (κ1) is 15.1. The maximum atomic E-state index is 7.45. The van der Waals surface area contributed by atoms with Gasteiger partial charge in [-0.3, -0.25) is 0 Å². The highest BCUT2D eigenvalue weighted by Gasteiger charge is 2.25. The Kier molecular flexibility index (Phi) is 3.79. The molecule has 1 aliphatic heterocycles. The van der Waals surface area contributed by atoms with Crippen LogP contribution in [0.25, 0.3) is 10.5 Å². The van der Waals surface area contributed by atoms with Gasteiger partial charge in [0.15, 0.2) is 17.6 Å². The monoisotopic (exact) mass is 305 g/mol. The van der Waals surface area contributed by atoms with E-state index in [0.29, 0.717) is 5.69 Å². The van der Waals surface area contributed by atoms with Gasteiger partial charge in [0.25, 0.3) is 0 Å². The van der Waals surface area contributed by atoms with Crippen molar-refractivity contribution in [2.45, 2.75) is 26.9 Å². The first-order chi connectivity index (χ1) is 11.0. The maximum Gasteiger partial charge on any atom is 0.205 e. The standard InChI is InChI=1S/C19H21N4/c1-14-8-6-7-9-22(14)18-12-17(20-4)13-19(15(18)2)23-11-10-21(5)16(23)3/h6-13,16H,1-3,5H3/q+1/t16-/m1/s1. The smallest absolute Gasteiger partial charge is 0.205 e. The molecule has 1 aliphatic rings. The van der Waals surface area contributed by atoms with Gasteiger partial charge in [-0.05, 0) is 19.9 Å². The summed E-state index contributed by atoms with van der Waals surface area (Å²) in [7, 11) is 2.06. The van der Waals surface area contributed by atoms with Crippen molar-refractivity contribution in [3.8, 4) is 5.69 Å². The molecule has 0 N–H and O–H groups in total. The van der Waals surface area contributed by atoms with Crippen molar-refractivity contribution in [3.63, 3.8) is 0 Å². The van der Waals surface area contributed by atoms with Crippen molar-refractivity contribution in [1.82, 2.24) is 4.90 Å². The van der Waals surface area contributed by atoms with Crippen molar-refractivity contribution < 1.29 is 4.57 Å². The van der Waals surface area contributed by atoms with Gasteiger partial charge in [-0.1, -0.05) is 6.07 Å². The van der Waals surface area contributed by atoms with Gasteiger partial charge in [0.1, 0.15) is 6.17 Å². The van der Waals surface area contributed by atoms with Gasteiger partial charge < -0.3 is 9.80 Å². The fourth-order valence-corrected chi connectivity index (χ4v) is 2.96. The lowest BCUT2D eigenvalue weighted by Crippen LogP contribution is -2.37. The van der Waals surface area contributed by atoms with E-state index >= 15 is 0 Å². The van der Waals surface area contributed by atoms with Crippen LogP contribution in [-0.4, -0.2) is 18.1 Å². The van der Waals surface area contributed by atoms with Crippen LogP contribution in [0.4, 0.5) is 11.4 Å². The van der Waals surface area contributed by atoms with Gasteiger partial charge in [-0.25, -0.2) is 4.85 Å². The van der Waals surface area contributed by atoms with Gasteiger partial charge in [0.2, 0.25) is 5.69 Å². The molecule has 4 nitrogen and oxygen atoms in total. The first-order valence-corrected chi connectivity index (χ1v) is 7.71. The highest BCUT2D eigenvalue weighted by molar-refractivity contribution is 5.70. The second-order valence-corrected chi connectivity index (χ2v) is 5.94. The Morgan fingerprint density at radius 2 is 1.96 bits per heavy atom. The molecule has 2 aromatic rings. The number of rotatable bonds is 2. The number of hydrogen-bond donors (Lipinski definition) is 0. The Labute approximate surface area is 137 Å². The summed E-state index contributed by atoms with van der Waals surface area (Å²) in [5.41, 5.74) is 5.11. The van der Waals surface area contributed by atoms with E-state index < -0.39 is 0 Å². The summed E-state index contributed by atoms with van der Waals surface area (Å²) in [5, 5.41) is 0. The molecular weight excluding hydrogens is 284 g/mol. The summed E-state index contributed by atoms with van der Waals surface area (Å²) in [6.45, 7) is 13.8. The average Bonchev–Trinajstić information content (AvgIpc) is 2.88. The molecule has 1 aromatic heterocycles. The molecule has 116 valence electrons. The molecule has 2 heterocycles. The van der Waals surface area contributed by atoms with Crippen molar-refractivity contribution >= 4 is 11.4 Å². The topological polar surface area (TPSA) is 14.7 Å². The molecule has 0 bridgehead atoms. The summed E-state index contributed by atoms with van der Waals surface area (Å²) in [4.78, 5) is 8.05. The zero-order valence-corrected chi connectivity index (χ0v) is 14.0. The molecule has 0 amide bonds. The van der Waals surface area contributed by atoms with Gasteiger partial charge in [0.05, 0.1) is 6.57 Å². The van der Waals surface area contributed by atoms with Crippen LogP contribution in [0.5, 0.6) is 0 Å². The van der Waals surface area contributed by atoms with Crippen LogP contribution in [0.1, 0.15) is 18.2 Å². The molecular formula is C19H21N4+. The van der Waals surface area contributed by atoms with E-state index in [1.54, 1.807) is 0 Å². The van der Waals surface area contributed by atoms with Crippen LogP contribution in [0.2, 0.25) is 0 Å². The number of benzene rings is 1. The van der Waals surface area contributed by atoms with Crippen molar-refractivity contribution in [2.75, 3.05) is 11.9 Å². The van der Waals surface area contributed by atoms with E-state index in [1.807, 2.05) is 30.5 Å². The Bertz CT molecular complexity index is 817. The fourth-order valence-electron chi connectivity index (χ4n) is 2.96. The van der Waals surface area contributed by atoms with E-state index in [2.05, 4.69) is 65.5 Å². The number of pyridine rings is 1. The lowest BCUT2D eigenvalue weighted by atomic mass is 10.1. The molecule has 1 aromatic carbocycles. The number of nitrogens with zero attached hydrogens (tertiary/aromatic N) is 4. The summed E-state index contributed by atoms with van der Waals surface area (Å²) in [6, 6.07) is 10.1. The highest BCUT2D eigenvalue weighted by atomic mass is 15.4. The van der Waals surface area contributed by atoms with Gasteiger partial charge in [0, 0.05) is 55.8 Å². The van der Waals surface area contributed by atoms with Crippen molar-refractivity contribution in [1.29, 1.82) is 0 Å². The fraction of sp³-hybridized carbons (Fsp3) is 0.263. The summed E-state index contributed by atoms with van der Waals surface area (Å²) >= 11 is 0. The van der Waals surface area contributed by atoms with E-state index in [1.165, 1.54) is 5.56 Å². The molecule has 4 heteroatoms. The van der Waals surface area contributed by atoms with Crippen LogP contribution in [0.3, 0.4) is 0 Å². The van der Waals surface area contributed by atoms with Gasteiger partial charge in [-0.2, -0.15) is 4.57 Å². The minimum Gasteiger partial charge on any atom is -0.359 e. The molecule has 0 unspecified atom stereocenters. The van der Waals surface area contributed by atoms with Crippen molar-refractivity contribution in [2.24, 2.45) is 0 Å². The lowest BCUT2D eigenvalue weighted by molar-refractivity contribution is -0.603. The first-order valence-electron chi connectivity index (χ1n) is 7.71. The maximum absolute atomic E-state index is 7.45. The molecule has 0 aliphatic carbocycles. The minimum absolute atomic E-state index is 0.240.